The number of aromatic nitrogens is 3. The zero-order valence-electron chi connectivity index (χ0n) is 21.4. The van der Waals surface area contributed by atoms with Crippen LogP contribution in [-0.2, 0) is 22.1 Å². The second kappa shape index (κ2) is 11.2. The predicted molar refractivity (Wildman–Crippen MR) is 147 cm³/mol. The molecule has 36 heavy (non-hydrogen) atoms. The lowest BCUT2D eigenvalue weighted by atomic mass is 10.0. The number of carbonyl (C=O) groups excluding carboxylic acids is 1. The number of rotatable bonds is 4. The molecule has 5 rings (SSSR count). The van der Waals surface area contributed by atoms with Gasteiger partial charge in [-0.1, -0.05) is 43.3 Å². The zero-order valence-corrected chi connectivity index (χ0v) is 22.3. The quantitative estimate of drug-likeness (QED) is 0.414. The summed E-state index contributed by atoms with van der Waals surface area (Å²) < 4.78 is 13.7. The SMILES string of the molecule is CC(=O)N1CCC(n2c(=O)n(Cc3ncc4ccccc4c3C)c3ccccc32)CC1.CCS(C)=O. The summed E-state index contributed by atoms with van der Waals surface area (Å²) in [5.41, 5.74) is 3.90. The fourth-order valence-corrected chi connectivity index (χ4v) is 4.84. The number of imidazole rings is 1. The van der Waals surface area contributed by atoms with Crippen LogP contribution in [0.3, 0.4) is 0 Å². The standard InChI is InChI=1S/C25H26N4O2.C3H8OS/c1-17-21-8-4-3-7-19(21)15-26-22(17)16-28-23-9-5-6-10-24(23)29(25(28)31)20-11-13-27(14-12-20)18(2)30;1-3-5(2)4/h3-10,15,20H,11-14,16H2,1-2H3;3H2,1-2H3. The first-order valence-corrected chi connectivity index (χ1v) is 14.1. The van der Waals surface area contributed by atoms with Crippen LogP contribution in [-0.4, -0.2) is 54.2 Å². The first-order chi connectivity index (χ1) is 17.3. The molecular weight excluding hydrogens is 472 g/mol. The molecular formula is C28H34N4O3S. The summed E-state index contributed by atoms with van der Waals surface area (Å²) >= 11 is 0. The van der Waals surface area contributed by atoms with Gasteiger partial charge in [0.15, 0.2) is 0 Å². The van der Waals surface area contributed by atoms with Crippen LogP contribution in [0.15, 0.2) is 59.5 Å². The van der Waals surface area contributed by atoms with Crippen LogP contribution in [0.4, 0.5) is 0 Å². The van der Waals surface area contributed by atoms with Crippen LogP contribution in [0.2, 0.25) is 0 Å². The highest BCUT2D eigenvalue weighted by molar-refractivity contribution is 7.84. The lowest BCUT2D eigenvalue weighted by Crippen LogP contribution is -2.40. The number of nitrogens with zero attached hydrogens (tertiary/aromatic N) is 4. The van der Waals surface area contributed by atoms with Crippen molar-refractivity contribution >= 4 is 38.5 Å². The number of piperidine rings is 1. The molecule has 2 aromatic heterocycles. The lowest BCUT2D eigenvalue weighted by Gasteiger charge is -2.31. The van der Waals surface area contributed by atoms with Crippen molar-refractivity contribution in [2.45, 2.75) is 46.2 Å². The van der Waals surface area contributed by atoms with E-state index in [1.807, 2.05) is 63.6 Å². The van der Waals surface area contributed by atoms with E-state index in [2.05, 4.69) is 24.0 Å². The van der Waals surface area contributed by atoms with Gasteiger partial charge in [-0.2, -0.15) is 0 Å². The highest BCUT2D eigenvalue weighted by Gasteiger charge is 2.26. The maximum absolute atomic E-state index is 13.6. The molecule has 1 amide bonds. The minimum atomic E-state index is -0.573. The molecule has 1 saturated heterocycles. The third kappa shape index (κ3) is 5.28. The molecule has 0 radical (unpaired) electrons. The molecule has 1 aliphatic heterocycles. The summed E-state index contributed by atoms with van der Waals surface area (Å²) in [7, 11) is -0.573. The van der Waals surface area contributed by atoms with E-state index in [9.17, 15) is 13.8 Å². The van der Waals surface area contributed by atoms with Gasteiger partial charge in [-0.15, -0.1) is 0 Å². The summed E-state index contributed by atoms with van der Waals surface area (Å²) in [6.45, 7) is 7.41. The Hall–Kier alpha value is -3.26. The van der Waals surface area contributed by atoms with Gasteiger partial charge in [0, 0.05) is 60.4 Å². The van der Waals surface area contributed by atoms with Crippen LogP contribution in [0.1, 0.15) is 44.0 Å². The van der Waals surface area contributed by atoms with Crippen molar-refractivity contribution in [1.29, 1.82) is 0 Å². The van der Waals surface area contributed by atoms with Crippen LogP contribution < -0.4 is 5.69 Å². The number of aryl methyl sites for hydroxylation is 1. The van der Waals surface area contributed by atoms with Gasteiger partial charge in [-0.05, 0) is 42.8 Å². The monoisotopic (exact) mass is 506 g/mol. The minimum Gasteiger partial charge on any atom is -0.343 e. The molecule has 4 aromatic rings. The molecule has 0 N–H and O–H groups in total. The molecule has 3 heterocycles. The molecule has 7 nitrogen and oxygen atoms in total. The number of hydrogen-bond donors (Lipinski definition) is 0. The van der Waals surface area contributed by atoms with E-state index in [1.165, 1.54) is 5.39 Å². The van der Waals surface area contributed by atoms with Crippen molar-refractivity contribution in [2.24, 2.45) is 0 Å². The van der Waals surface area contributed by atoms with E-state index in [4.69, 9.17) is 0 Å². The van der Waals surface area contributed by atoms with Crippen LogP contribution in [0, 0.1) is 6.92 Å². The third-order valence-corrected chi connectivity index (χ3v) is 7.83. The summed E-state index contributed by atoms with van der Waals surface area (Å²) in [5, 5.41) is 2.27. The van der Waals surface area contributed by atoms with Gasteiger partial charge in [0.05, 0.1) is 23.3 Å². The fourth-order valence-electron chi connectivity index (χ4n) is 4.84. The van der Waals surface area contributed by atoms with Crippen LogP contribution in [0.25, 0.3) is 21.8 Å². The van der Waals surface area contributed by atoms with Gasteiger partial charge in [-0.3, -0.25) is 23.1 Å². The van der Waals surface area contributed by atoms with E-state index in [0.717, 1.165) is 46.3 Å². The number of carbonyl (C=O) groups is 1. The van der Waals surface area contributed by atoms with E-state index < -0.39 is 10.8 Å². The Bertz CT molecular complexity index is 1460. The van der Waals surface area contributed by atoms with Gasteiger partial charge in [0.2, 0.25) is 5.91 Å². The van der Waals surface area contributed by atoms with Gasteiger partial charge in [0.1, 0.15) is 0 Å². The summed E-state index contributed by atoms with van der Waals surface area (Å²) in [4.78, 5) is 31.9. The Labute approximate surface area is 214 Å². The molecule has 0 spiro atoms. The first kappa shape index (κ1) is 25.8. The smallest absolute Gasteiger partial charge is 0.329 e. The molecule has 1 fully saturated rings. The van der Waals surface area contributed by atoms with Gasteiger partial charge >= 0.3 is 5.69 Å². The average Bonchev–Trinajstić information content (AvgIpc) is 3.17. The number of para-hydroxylation sites is 2. The van der Waals surface area contributed by atoms with Crippen LogP contribution in [0.5, 0.6) is 0 Å². The number of benzene rings is 2. The molecule has 1 atom stereocenters. The Balaban J connectivity index is 0.000000556. The largest absolute Gasteiger partial charge is 0.343 e. The Kier molecular flexibility index (Phi) is 8.04. The summed E-state index contributed by atoms with van der Waals surface area (Å²) in [5.74, 6) is 0.881. The first-order valence-electron chi connectivity index (χ1n) is 12.4. The molecule has 1 unspecified atom stereocenters. The molecule has 190 valence electrons. The van der Waals surface area contributed by atoms with Crippen molar-refractivity contribution < 1.29 is 9.00 Å². The second-order valence-electron chi connectivity index (χ2n) is 9.24. The highest BCUT2D eigenvalue weighted by Crippen LogP contribution is 2.27. The molecule has 8 heteroatoms. The maximum atomic E-state index is 13.6. The van der Waals surface area contributed by atoms with Crippen molar-refractivity contribution in [3.05, 3.63) is 76.5 Å². The number of likely N-dealkylation sites (tertiary alicyclic amines) is 1. The van der Waals surface area contributed by atoms with E-state index in [1.54, 1.807) is 13.2 Å². The number of fused-ring (bicyclic) bond motifs is 2. The molecule has 2 aromatic carbocycles. The zero-order chi connectivity index (χ0) is 25.8. The van der Waals surface area contributed by atoms with Gasteiger partial charge < -0.3 is 4.90 Å². The van der Waals surface area contributed by atoms with E-state index in [-0.39, 0.29) is 17.6 Å². The molecule has 1 aliphatic rings. The van der Waals surface area contributed by atoms with Crippen molar-refractivity contribution in [3.63, 3.8) is 0 Å². The van der Waals surface area contributed by atoms with E-state index in [0.29, 0.717) is 19.6 Å². The van der Waals surface area contributed by atoms with Crippen LogP contribution >= 0.6 is 0 Å². The number of amides is 1. The third-order valence-electron chi connectivity index (χ3n) is 7.02. The lowest BCUT2D eigenvalue weighted by molar-refractivity contribution is -0.130. The Morgan fingerprint density at radius 2 is 1.67 bits per heavy atom. The minimum absolute atomic E-state index is 0.00293. The average molecular weight is 507 g/mol. The predicted octanol–water partition coefficient (Wildman–Crippen LogP) is 4.28. The van der Waals surface area contributed by atoms with Crippen molar-refractivity contribution in [2.75, 3.05) is 25.1 Å². The fraction of sp³-hybridized carbons (Fsp3) is 0.393. The van der Waals surface area contributed by atoms with Gasteiger partial charge in [0.25, 0.3) is 0 Å². The van der Waals surface area contributed by atoms with Crippen molar-refractivity contribution in [1.82, 2.24) is 19.0 Å². The van der Waals surface area contributed by atoms with Gasteiger partial charge in [-0.25, -0.2) is 4.79 Å². The number of pyridine rings is 1. The highest BCUT2D eigenvalue weighted by atomic mass is 32.2. The second-order valence-corrected chi connectivity index (χ2v) is 11.0. The van der Waals surface area contributed by atoms with E-state index >= 15 is 0 Å². The molecule has 0 bridgehead atoms. The Morgan fingerprint density at radius 3 is 2.31 bits per heavy atom. The summed E-state index contributed by atoms with van der Waals surface area (Å²) in [6.07, 6.45) is 5.17. The Morgan fingerprint density at radius 1 is 1.06 bits per heavy atom. The number of hydrogen-bond acceptors (Lipinski definition) is 4. The van der Waals surface area contributed by atoms with Crippen molar-refractivity contribution in [3.8, 4) is 0 Å². The molecule has 0 aliphatic carbocycles. The normalized spacial score (nSPS) is 15.1. The summed E-state index contributed by atoms with van der Waals surface area (Å²) in [6, 6.07) is 16.3. The topological polar surface area (TPSA) is 77.2 Å². The maximum Gasteiger partial charge on any atom is 0.329 e. The molecule has 0 saturated carbocycles.